The molecule has 5 nitrogen and oxygen atoms in total. The monoisotopic (exact) mass is 187 g/mol. The molecule has 0 heterocycles. The number of carbonyl (C=O) groups is 1. The third-order valence-electron chi connectivity index (χ3n) is 1.87. The van der Waals surface area contributed by atoms with Crippen LogP contribution in [-0.4, -0.2) is 29.4 Å². The van der Waals surface area contributed by atoms with Gasteiger partial charge in [0.15, 0.2) is 0 Å². The number of oxime groups is 1. The Bertz CT molecular complexity index is 194. The molecular formula is C8H17N3O2. The first-order chi connectivity index (χ1) is 6.08. The minimum Gasteiger partial charge on any atom is -0.411 e. The molecule has 5 heteroatoms. The standard InChI is InChI=1S/C8H17N3O2/c1-3-8(2,6-10-13)11-7(12)4-5-9/h6,13H,3-5,9H2,1-2H3,(H,11,12)/b10-6+. The van der Waals surface area contributed by atoms with Crippen molar-refractivity contribution < 1.29 is 10.0 Å². The molecule has 0 aliphatic heterocycles. The van der Waals surface area contributed by atoms with E-state index in [1.54, 1.807) is 6.92 Å². The van der Waals surface area contributed by atoms with E-state index in [4.69, 9.17) is 10.9 Å². The summed E-state index contributed by atoms with van der Waals surface area (Å²) in [5.74, 6) is -0.133. The highest BCUT2D eigenvalue weighted by atomic mass is 16.4. The number of nitrogens with two attached hydrogens (primary N) is 1. The number of amides is 1. The molecule has 0 saturated heterocycles. The third kappa shape index (κ3) is 4.47. The highest BCUT2D eigenvalue weighted by molar-refractivity contribution is 5.82. The maximum Gasteiger partial charge on any atom is 0.221 e. The van der Waals surface area contributed by atoms with Gasteiger partial charge >= 0.3 is 0 Å². The van der Waals surface area contributed by atoms with E-state index in [-0.39, 0.29) is 12.3 Å². The summed E-state index contributed by atoms with van der Waals surface area (Å²) in [7, 11) is 0. The van der Waals surface area contributed by atoms with Gasteiger partial charge in [-0.15, -0.1) is 0 Å². The summed E-state index contributed by atoms with van der Waals surface area (Å²) in [5.41, 5.74) is 4.64. The maximum absolute atomic E-state index is 11.2. The molecule has 0 fully saturated rings. The van der Waals surface area contributed by atoms with Gasteiger partial charge in [0.2, 0.25) is 5.91 Å². The molecule has 4 N–H and O–H groups in total. The van der Waals surface area contributed by atoms with E-state index in [1.807, 2.05) is 6.92 Å². The largest absolute Gasteiger partial charge is 0.411 e. The number of hydrogen-bond donors (Lipinski definition) is 3. The first-order valence-electron chi connectivity index (χ1n) is 4.27. The molecule has 76 valence electrons. The Labute approximate surface area is 78.0 Å². The van der Waals surface area contributed by atoms with Crippen LogP contribution in [0.4, 0.5) is 0 Å². The van der Waals surface area contributed by atoms with Crippen LogP contribution in [0.5, 0.6) is 0 Å². The molecule has 0 aliphatic rings. The molecule has 0 saturated carbocycles. The summed E-state index contributed by atoms with van der Waals surface area (Å²) in [6.07, 6.45) is 2.25. The number of nitrogens with zero attached hydrogens (tertiary/aromatic N) is 1. The van der Waals surface area contributed by atoms with Crippen LogP contribution in [0.25, 0.3) is 0 Å². The number of hydrogen-bond acceptors (Lipinski definition) is 4. The Morgan fingerprint density at radius 1 is 1.77 bits per heavy atom. The lowest BCUT2D eigenvalue weighted by Crippen LogP contribution is -2.47. The van der Waals surface area contributed by atoms with Crippen molar-refractivity contribution in [3.05, 3.63) is 0 Å². The molecule has 0 spiro atoms. The Hall–Kier alpha value is -1.10. The molecule has 1 amide bonds. The van der Waals surface area contributed by atoms with Crippen molar-refractivity contribution in [1.82, 2.24) is 5.32 Å². The van der Waals surface area contributed by atoms with Gasteiger partial charge < -0.3 is 16.3 Å². The van der Waals surface area contributed by atoms with Crippen LogP contribution in [0.15, 0.2) is 5.16 Å². The van der Waals surface area contributed by atoms with Crippen molar-refractivity contribution in [3.8, 4) is 0 Å². The van der Waals surface area contributed by atoms with E-state index < -0.39 is 5.54 Å². The minimum atomic E-state index is -0.582. The zero-order valence-corrected chi connectivity index (χ0v) is 8.08. The molecular weight excluding hydrogens is 170 g/mol. The van der Waals surface area contributed by atoms with Gasteiger partial charge in [0.25, 0.3) is 0 Å². The first-order valence-corrected chi connectivity index (χ1v) is 4.27. The van der Waals surface area contributed by atoms with Crippen molar-refractivity contribution in [2.75, 3.05) is 6.54 Å². The molecule has 0 bridgehead atoms. The maximum atomic E-state index is 11.2. The average molecular weight is 187 g/mol. The molecule has 0 aromatic heterocycles. The SMILES string of the molecule is CCC(C)(/C=N/O)NC(=O)CCN. The van der Waals surface area contributed by atoms with Crippen molar-refractivity contribution in [1.29, 1.82) is 0 Å². The molecule has 0 radical (unpaired) electrons. The minimum absolute atomic E-state index is 0.133. The van der Waals surface area contributed by atoms with Gasteiger partial charge in [-0.25, -0.2) is 0 Å². The van der Waals surface area contributed by atoms with Crippen LogP contribution in [0.2, 0.25) is 0 Å². The van der Waals surface area contributed by atoms with Crippen LogP contribution in [-0.2, 0) is 4.79 Å². The second-order valence-electron chi connectivity index (χ2n) is 3.10. The lowest BCUT2D eigenvalue weighted by atomic mass is 10.0. The van der Waals surface area contributed by atoms with Gasteiger partial charge in [-0.1, -0.05) is 12.1 Å². The summed E-state index contributed by atoms with van der Waals surface area (Å²) >= 11 is 0. The molecule has 0 aliphatic carbocycles. The van der Waals surface area contributed by atoms with Gasteiger partial charge in [0.05, 0.1) is 11.8 Å². The van der Waals surface area contributed by atoms with E-state index in [9.17, 15) is 4.79 Å². The van der Waals surface area contributed by atoms with E-state index in [2.05, 4.69) is 10.5 Å². The normalized spacial score (nSPS) is 15.6. The molecule has 0 rings (SSSR count). The van der Waals surface area contributed by atoms with Crippen molar-refractivity contribution in [2.24, 2.45) is 10.9 Å². The Balaban J connectivity index is 4.18. The lowest BCUT2D eigenvalue weighted by Gasteiger charge is -2.24. The van der Waals surface area contributed by atoms with Gasteiger partial charge in [-0.3, -0.25) is 4.79 Å². The van der Waals surface area contributed by atoms with Gasteiger partial charge in [-0.05, 0) is 13.3 Å². The predicted octanol–water partition coefficient (Wildman–Crippen LogP) is 0.0801. The summed E-state index contributed by atoms with van der Waals surface area (Å²) in [4.78, 5) is 11.2. The van der Waals surface area contributed by atoms with Gasteiger partial charge in [-0.2, -0.15) is 0 Å². The third-order valence-corrected chi connectivity index (χ3v) is 1.87. The molecule has 1 unspecified atom stereocenters. The van der Waals surface area contributed by atoms with Crippen molar-refractivity contribution in [2.45, 2.75) is 32.2 Å². The van der Waals surface area contributed by atoms with Crippen molar-refractivity contribution >= 4 is 12.1 Å². The Morgan fingerprint density at radius 3 is 2.77 bits per heavy atom. The fourth-order valence-corrected chi connectivity index (χ4v) is 0.851. The summed E-state index contributed by atoms with van der Waals surface area (Å²) < 4.78 is 0. The van der Waals surface area contributed by atoms with Gasteiger partial charge in [0, 0.05) is 13.0 Å². The van der Waals surface area contributed by atoms with E-state index in [0.29, 0.717) is 13.0 Å². The molecule has 13 heavy (non-hydrogen) atoms. The smallest absolute Gasteiger partial charge is 0.221 e. The van der Waals surface area contributed by atoms with E-state index in [0.717, 1.165) is 0 Å². The van der Waals surface area contributed by atoms with Crippen LogP contribution in [0.1, 0.15) is 26.7 Å². The predicted molar refractivity (Wildman–Crippen MR) is 50.8 cm³/mol. The van der Waals surface area contributed by atoms with Crippen LogP contribution < -0.4 is 11.1 Å². The fourth-order valence-electron chi connectivity index (χ4n) is 0.851. The quantitative estimate of drug-likeness (QED) is 0.323. The van der Waals surface area contributed by atoms with Gasteiger partial charge in [0.1, 0.15) is 0 Å². The first kappa shape index (κ1) is 11.9. The molecule has 1 atom stereocenters. The van der Waals surface area contributed by atoms with Crippen LogP contribution in [0, 0.1) is 0 Å². The fraction of sp³-hybridized carbons (Fsp3) is 0.750. The number of nitrogens with one attached hydrogen (secondary N) is 1. The highest BCUT2D eigenvalue weighted by Crippen LogP contribution is 2.05. The second kappa shape index (κ2) is 5.53. The van der Waals surface area contributed by atoms with Crippen molar-refractivity contribution in [3.63, 3.8) is 0 Å². The molecule has 0 aromatic carbocycles. The summed E-state index contributed by atoms with van der Waals surface area (Å²) in [6, 6.07) is 0. The second-order valence-corrected chi connectivity index (χ2v) is 3.10. The highest BCUT2D eigenvalue weighted by Gasteiger charge is 2.21. The average Bonchev–Trinajstić information content (AvgIpc) is 2.05. The Morgan fingerprint density at radius 2 is 2.38 bits per heavy atom. The summed E-state index contributed by atoms with van der Waals surface area (Å²) in [6.45, 7) is 3.99. The van der Waals surface area contributed by atoms with E-state index in [1.165, 1.54) is 6.21 Å². The topological polar surface area (TPSA) is 87.7 Å². The number of carbonyl (C=O) groups excluding carboxylic acids is 1. The van der Waals surface area contributed by atoms with Crippen LogP contribution >= 0.6 is 0 Å². The number of rotatable bonds is 5. The lowest BCUT2D eigenvalue weighted by molar-refractivity contribution is -0.121. The van der Waals surface area contributed by atoms with E-state index >= 15 is 0 Å². The zero-order valence-electron chi connectivity index (χ0n) is 8.08. The molecule has 0 aromatic rings. The summed E-state index contributed by atoms with van der Waals surface area (Å²) in [5, 5.41) is 14.0. The Kier molecular flexibility index (Phi) is 5.06. The zero-order chi connectivity index (χ0) is 10.3. The van der Waals surface area contributed by atoms with Crippen LogP contribution in [0.3, 0.4) is 0 Å².